The van der Waals surface area contributed by atoms with Gasteiger partial charge in [0, 0.05) is 30.2 Å². The van der Waals surface area contributed by atoms with E-state index in [0.717, 1.165) is 5.69 Å². The molecule has 2 aromatic carbocycles. The van der Waals surface area contributed by atoms with Gasteiger partial charge in [0.2, 0.25) is 5.91 Å². The lowest BCUT2D eigenvalue weighted by Gasteiger charge is -2.09. The molecule has 6 nitrogen and oxygen atoms in total. The van der Waals surface area contributed by atoms with Crippen molar-refractivity contribution >= 4 is 34.7 Å². The Balaban J connectivity index is 1.65. The number of amides is 2. The van der Waals surface area contributed by atoms with Crippen LogP contribution >= 0.6 is 0 Å². The lowest BCUT2D eigenvalue weighted by atomic mass is 10.2. The Bertz CT molecular complexity index is 951. The third kappa shape index (κ3) is 5.15. The molecule has 2 amide bonds. The molecule has 0 saturated heterocycles. The molecule has 0 atom stereocenters. The molecule has 3 rings (SSSR count). The van der Waals surface area contributed by atoms with Gasteiger partial charge in [-0.15, -0.1) is 0 Å². The third-order valence-corrected chi connectivity index (χ3v) is 3.79. The van der Waals surface area contributed by atoms with Gasteiger partial charge in [0.25, 0.3) is 5.91 Å². The van der Waals surface area contributed by atoms with Gasteiger partial charge in [0.05, 0.1) is 5.56 Å². The molecule has 0 unspecified atom stereocenters. The highest BCUT2D eigenvalue weighted by Crippen LogP contribution is 2.18. The van der Waals surface area contributed by atoms with Crippen LogP contribution in [0.1, 0.15) is 22.8 Å². The smallest absolute Gasteiger partial charge is 0.257 e. The van der Waals surface area contributed by atoms with Gasteiger partial charge >= 0.3 is 0 Å². The number of pyridine rings is 1. The maximum Gasteiger partial charge on any atom is 0.257 e. The predicted octanol–water partition coefficient (Wildman–Crippen LogP) is 4.34. The fourth-order valence-corrected chi connectivity index (χ4v) is 2.47. The maximum absolute atomic E-state index is 12.4. The molecule has 0 saturated carbocycles. The molecule has 0 radical (unpaired) electrons. The minimum atomic E-state index is -0.274. The molecule has 6 heteroatoms. The van der Waals surface area contributed by atoms with Crippen LogP contribution in [0.2, 0.25) is 0 Å². The second-order valence-electron chi connectivity index (χ2n) is 6.14. The lowest BCUT2D eigenvalue weighted by molar-refractivity contribution is -0.114. The van der Waals surface area contributed by atoms with Crippen LogP contribution in [-0.4, -0.2) is 16.8 Å². The van der Waals surface area contributed by atoms with Crippen LogP contribution in [0.15, 0.2) is 66.9 Å². The fourth-order valence-electron chi connectivity index (χ4n) is 2.47. The largest absolute Gasteiger partial charge is 0.340 e. The summed E-state index contributed by atoms with van der Waals surface area (Å²) in [4.78, 5) is 27.8. The molecular weight excluding hydrogens is 340 g/mol. The Morgan fingerprint density at radius 3 is 2.19 bits per heavy atom. The van der Waals surface area contributed by atoms with E-state index in [2.05, 4.69) is 20.9 Å². The summed E-state index contributed by atoms with van der Waals surface area (Å²) < 4.78 is 0. The van der Waals surface area contributed by atoms with E-state index in [4.69, 9.17) is 0 Å². The zero-order valence-electron chi connectivity index (χ0n) is 15.1. The number of anilines is 4. The van der Waals surface area contributed by atoms with Gasteiger partial charge in [-0.05, 0) is 49.4 Å². The Hall–Kier alpha value is -3.67. The monoisotopic (exact) mass is 360 g/mol. The van der Waals surface area contributed by atoms with Gasteiger partial charge in [0.1, 0.15) is 5.82 Å². The van der Waals surface area contributed by atoms with Crippen molar-refractivity contribution in [2.24, 2.45) is 0 Å². The SMILES string of the molecule is CC(=O)Nc1cccc(NC(=O)c2ccc(Nc3ccc(C)cc3)nc2)c1. The fraction of sp³-hybridized carbons (Fsp3) is 0.0952. The average molecular weight is 360 g/mol. The van der Waals surface area contributed by atoms with Crippen molar-refractivity contribution in [3.8, 4) is 0 Å². The molecule has 27 heavy (non-hydrogen) atoms. The van der Waals surface area contributed by atoms with Gasteiger partial charge in [0.15, 0.2) is 0 Å². The summed E-state index contributed by atoms with van der Waals surface area (Å²) in [7, 11) is 0. The first-order valence-electron chi connectivity index (χ1n) is 8.48. The highest BCUT2D eigenvalue weighted by Gasteiger charge is 2.08. The van der Waals surface area contributed by atoms with Crippen LogP contribution in [0.25, 0.3) is 0 Å². The minimum absolute atomic E-state index is 0.167. The van der Waals surface area contributed by atoms with Crippen molar-refractivity contribution in [3.63, 3.8) is 0 Å². The molecule has 0 fully saturated rings. The summed E-state index contributed by atoms with van der Waals surface area (Å²) in [6.45, 7) is 3.46. The topological polar surface area (TPSA) is 83.1 Å². The first kappa shape index (κ1) is 18.1. The van der Waals surface area contributed by atoms with Crippen molar-refractivity contribution < 1.29 is 9.59 Å². The minimum Gasteiger partial charge on any atom is -0.340 e. The second kappa shape index (κ2) is 8.14. The molecule has 136 valence electrons. The van der Waals surface area contributed by atoms with E-state index < -0.39 is 0 Å². The average Bonchev–Trinajstić information content (AvgIpc) is 2.64. The number of benzene rings is 2. The van der Waals surface area contributed by atoms with Crippen LogP contribution < -0.4 is 16.0 Å². The number of aryl methyl sites for hydroxylation is 1. The first-order chi connectivity index (χ1) is 13.0. The highest BCUT2D eigenvalue weighted by atomic mass is 16.2. The summed E-state index contributed by atoms with van der Waals surface area (Å²) in [5.74, 6) is 0.215. The lowest BCUT2D eigenvalue weighted by Crippen LogP contribution is -2.13. The normalized spacial score (nSPS) is 10.1. The number of nitrogens with zero attached hydrogens (tertiary/aromatic N) is 1. The number of carbonyl (C=O) groups is 2. The van der Waals surface area contributed by atoms with E-state index in [9.17, 15) is 9.59 Å². The van der Waals surface area contributed by atoms with E-state index in [1.165, 1.54) is 18.7 Å². The van der Waals surface area contributed by atoms with Gasteiger partial charge in [-0.2, -0.15) is 0 Å². The number of carbonyl (C=O) groups excluding carboxylic acids is 2. The Kier molecular flexibility index (Phi) is 5.47. The molecule has 3 N–H and O–H groups in total. The van der Waals surface area contributed by atoms with Crippen molar-refractivity contribution in [1.82, 2.24) is 4.98 Å². The van der Waals surface area contributed by atoms with E-state index in [1.54, 1.807) is 36.4 Å². The predicted molar refractivity (Wildman–Crippen MR) is 107 cm³/mol. The Morgan fingerprint density at radius 2 is 1.56 bits per heavy atom. The van der Waals surface area contributed by atoms with E-state index >= 15 is 0 Å². The van der Waals surface area contributed by atoms with Gasteiger partial charge in [-0.3, -0.25) is 9.59 Å². The van der Waals surface area contributed by atoms with Crippen LogP contribution in [0.3, 0.4) is 0 Å². The number of nitrogens with one attached hydrogen (secondary N) is 3. The quantitative estimate of drug-likeness (QED) is 0.632. The molecule has 0 bridgehead atoms. The van der Waals surface area contributed by atoms with Crippen molar-refractivity contribution in [2.45, 2.75) is 13.8 Å². The molecule has 0 aliphatic carbocycles. The van der Waals surface area contributed by atoms with Crippen LogP contribution in [0.4, 0.5) is 22.9 Å². The van der Waals surface area contributed by atoms with Crippen LogP contribution in [0, 0.1) is 6.92 Å². The highest BCUT2D eigenvalue weighted by molar-refractivity contribution is 6.04. The third-order valence-electron chi connectivity index (χ3n) is 3.79. The number of hydrogen-bond acceptors (Lipinski definition) is 4. The molecule has 1 aromatic heterocycles. The van der Waals surface area contributed by atoms with Crippen LogP contribution in [0.5, 0.6) is 0 Å². The summed E-state index contributed by atoms with van der Waals surface area (Å²) >= 11 is 0. The molecule has 1 heterocycles. The summed E-state index contributed by atoms with van der Waals surface area (Å²) in [5, 5.41) is 8.67. The second-order valence-corrected chi connectivity index (χ2v) is 6.14. The molecular formula is C21H20N4O2. The van der Waals surface area contributed by atoms with Gasteiger partial charge < -0.3 is 16.0 Å². The van der Waals surface area contributed by atoms with Crippen LogP contribution in [-0.2, 0) is 4.79 Å². The molecule has 0 aliphatic heterocycles. The number of aromatic nitrogens is 1. The standard InChI is InChI=1S/C21H20N4O2/c1-14-6-9-17(10-7-14)24-20-11-8-16(13-22-20)21(27)25-19-5-3-4-18(12-19)23-15(2)26/h3-13H,1-2H3,(H,22,24)(H,23,26)(H,25,27). The zero-order chi connectivity index (χ0) is 19.2. The van der Waals surface area contributed by atoms with Crippen molar-refractivity contribution in [3.05, 3.63) is 78.0 Å². The molecule has 0 aliphatic rings. The van der Waals surface area contributed by atoms with E-state index in [0.29, 0.717) is 22.8 Å². The summed E-state index contributed by atoms with van der Waals surface area (Å²) in [6.07, 6.45) is 1.52. The Morgan fingerprint density at radius 1 is 0.852 bits per heavy atom. The molecule has 0 spiro atoms. The first-order valence-corrected chi connectivity index (χ1v) is 8.48. The van der Waals surface area contributed by atoms with Crippen molar-refractivity contribution in [2.75, 3.05) is 16.0 Å². The van der Waals surface area contributed by atoms with E-state index in [1.807, 2.05) is 31.2 Å². The van der Waals surface area contributed by atoms with Gasteiger partial charge in [-0.25, -0.2) is 4.98 Å². The molecule has 3 aromatic rings. The number of hydrogen-bond donors (Lipinski definition) is 3. The van der Waals surface area contributed by atoms with Crippen molar-refractivity contribution in [1.29, 1.82) is 0 Å². The zero-order valence-corrected chi connectivity index (χ0v) is 15.1. The Labute approximate surface area is 157 Å². The van der Waals surface area contributed by atoms with E-state index in [-0.39, 0.29) is 11.8 Å². The number of rotatable bonds is 5. The maximum atomic E-state index is 12.4. The summed E-state index contributed by atoms with van der Waals surface area (Å²) in [5.41, 5.74) is 3.77. The van der Waals surface area contributed by atoms with Gasteiger partial charge in [-0.1, -0.05) is 23.8 Å². The summed E-state index contributed by atoms with van der Waals surface area (Å²) in [6, 6.07) is 18.4.